The van der Waals surface area contributed by atoms with Gasteiger partial charge in [-0.25, -0.2) is 0 Å². The molecule has 0 saturated heterocycles. The molecule has 3 rings (SSSR count). The number of anilines is 2. The van der Waals surface area contributed by atoms with E-state index in [0.29, 0.717) is 17.8 Å². The maximum absolute atomic E-state index is 12.5. The number of phenolic OH excluding ortho intramolecular Hbond substituents is 1. The van der Waals surface area contributed by atoms with E-state index in [-0.39, 0.29) is 17.6 Å². The molecule has 4 nitrogen and oxygen atoms in total. The highest BCUT2D eigenvalue weighted by Gasteiger charge is 2.28. The molecule has 1 atom stereocenters. The zero-order valence-corrected chi connectivity index (χ0v) is 12.1. The second-order valence-electron chi connectivity index (χ2n) is 5.41. The minimum Gasteiger partial charge on any atom is -0.507 e. The van der Waals surface area contributed by atoms with Crippen molar-refractivity contribution in [2.24, 2.45) is 0 Å². The van der Waals surface area contributed by atoms with Gasteiger partial charge in [-0.2, -0.15) is 0 Å². The van der Waals surface area contributed by atoms with Crippen LogP contribution in [0.25, 0.3) is 0 Å². The van der Waals surface area contributed by atoms with Crippen molar-refractivity contribution in [3.05, 3.63) is 53.1 Å². The summed E-state index contributed by atoms with van der Waals surface area (Å²) in [5, 5.41) is 16.1. The SMILES string of the molecule is Cc1ccc(NC(=O)C2CNc3ccccc32)c(C)c1O. The molecule has 1 heterocycles. The lowest BCUT2D eigenvalue weighted by Crippen LogP contribution is -2.23. The topological polar surface area (TPSA) is 61.4 Å². The number of amides is 1. The first kappa shape index (κ1) is 13.5. The number of aromatic hydroxyl groups is 1. The van der Waals surface area contributed by atoms with Gasteiger partial charge in [0.15, 0.2) is 0 Å². The average Bonchev–Trinajstić information content (AvgIpc) is 2.92. The van der Waals surface area contributed by atoms with Gasteiger partial charge >= 0.3 is 0 Å². The first-order chi connectivity index (χ1) is 10.1. The first-order valence-corrected chi connectivity index (χ1v) is 7.00. The number of carbonyl (C=O) groups excluding carboxylic acids is 1. The molecule has 0 aromatic heterocycles. The molecule has 2 aromatic rings. The zero-order chi connectivity index (χ0) is 15.0. The fraction of sp³-hybridized carbons (Fsp3) is 0.235. The lowest BCUT2D eigenvalue weighted by molar-refractivity contribution is -0.117. The van der Waals surface area contributed by atoms with E-state index in [2.05, 4.69) is 10.6 Å². The van der Waals surface area contributed by atoms with Gasteiger partial charge in [0.1, 0.15) is 5.75 Å². The maximum Gasteiger partial charge on any atom is 0.233 e. The van der Waals surface area contributed by atoms with Crippen LogP contribution in [0.15, 0.2) is 36.4 Å². The van der Waals surface area contributed by atoms with Gasteiger partial charge in [0.05, 0.1) is 5.92 Å². The van der Waals surface area contributed by atoms with E-state index >= 15 is 0 Å². The Bertz CT molecular complexity index is 710. The second-order valence-corrected chi connectivity index (χ2v) is 5.41. The monoisotopic (exact) mass is 282 g/mol. The molecule has 1 amide bonds. The summed E-state index contributed by atoms with van der Waals surface area (Å²) >= 11 is 0. The van der Waals surface area contributed by atoms with Crippen molar-refractivity contribution in [2.75, 3.05) is 17.2 Å². The molecule has 1 aliphatic rings. The Hall–Kier alpha value is -2.49. The van der Waals surface area contributed by atoms with Gasteiger partial charge in [0, 0.05) is 23.5 Å². The van der Waals surface area contributed by atoms with Crippen LogP contribution in [0, 0.1) is 13.8 Å². The third-order valence-corrected chi connectivity index (χ3v) is 4.04. The molecule has 0 radical (unpaired) electrons. The van der Waals surface area contributed by atoms with Crippen LogP contribution in [-0.2, 0) is 4.79 Å². The van der Waals surface area contributed by atoms with Gasteiger partial charge in [-0.1, -0.05) is 24.3 Å². The van der Waals surface area contributed by atoms with E-state index in [1.54, 1.807) is 13.0 Å². The largest absolute Gasteiger partial charge is 0.507 e. The number of hydrogen-bond acceptors (Lipinski definition) is 3. The third-order valence-electron chi connectivity index (χ3n) is 4.04. The van der Waals surface area contributed by atoms with Crippen LogP contribution in [0.4, 0.5) is 11.4 Å². The summed E-state index contributed by atoms with van der Waals surface area (Å²) in [4.78, 5) is 12.5. The Balaban J connectivity index is 1.84. The molecule has 0 fully saturated rings. The normalized spacial score (nSPS) is 16.2. The maximum atomic E-state index is 12.5. The van der Waals surface area contributed by atoms with Crippen LogP contribution in [0.1, 0.15) is 22.6 Å². The minimum atomic E-state index is -0.205. The van der Waals surface area contributed by atoms with Crippen molar-refractivity contribution in [3.63, 3.8) is 0 Å². The van der Waals surface area contributed by atoms with Gasteiger partial charge in [0.25, 0.3) is 0 Å². The van der Waals surface area contributed by atoms with E-state index in [1.165, 1.54) is 0 Å². The Morgan fingerprint density at radius 3 is 2.81 bits per heavy atom. The van der Waals surface area contributed by atoms with E-state index < -0.39 is 0 Å². The second kappa shape index (κ2) is 5.13. The van der Waals surface area contributed by atoms with E-state index in [4.69, 9.17) is 0 Å². The standard InChI is InChI=1S/C17H18N2O2/c1-10-7-8-14(11(2)16(10)20)19-17(21)13-9-18-15-6-4-3-5-12(13)15/h3-8,13,18,20H,9H2,1-2H3,(H,19,21). The van der Waals surface area contributed by atoms with Crippen LogP contribution in [0.2, 0.25) is 0 Å². The number of phenols is 1. The molecule has 1 unspecified atom stereocenters. The highest BCUT2D eigenvalue weighted by molar-refractivity contribution is 5.99. The van der Waals surface area contributed by atoms with Crippen molar-refractivity contribution in [1.29, 1.82) is 0 Å². The highest BCUT2D eigenvalue weighted by Crippen LogP contribution is 2.33. The van der Waals surface area contributed by atoms with Gasteiger partial charge in [-0.3, -0.25) is 4.79 Å². The quantitative estimate of drug-likeness (QED) is 0.793. The number of benzene rings is 2. The molecular formula is C17H18N2O2. The molecule has 0 saturated carbocycles. The van der Waals surface area contributed by atoms with Crippen molar-refractivity contribution < 1.29 is 9.90 Å². The minimum absolute atomic E-state index is 0.0567. The van der Waals surface area contributed by atoms with E-state index in [9.17, 15) is 9.90 Å². The Morgan fingerprint density at radius 1 is 1.24 bits per heavy atom. The predicted molar refractivity (Wildman–Crippen MR) is 83.9 cm³/mol. The van der Waals surface area contributed by atoms with Crippen molar-refractivity contribution in [1.82, 2.24) is 0 Å². The Kier molecular flexibility index (Phi) is 3.29. The average molecular weight is 282 g/mol. The zero-order valence-electron chi connectivity index (χ0n) is 12.1. The lowest BCUT2D eigenvalue weighted by Gasteiger charge is -2.14. The fourth-order valence-corrected chi connectivity index (χ4v) is 2.71. The van der Waals surface area contributed by atoms with Gasteiger partial charge in [0.2, 0.25) is 5.91 Å². The predicted octanol–water partition coefficient (Wildman–Crippen LogP) is 3.16. The number of para-hydroxylation sites is 1. The molecule has 3 N–H and O–H groups in total. The fourth-order valence-electron chi connectivity index (χ4n) is 2.71. The van der Waals surface area contributed by atoms with Gasteiger partial charge < -0.3 is 15.7 Å². The van der Waals surface area contributed by atoms with Crippen LogP contribution in [-0.4, -0.2) is 17.6 Å². The number of hydrogen-bond donors (Lipinski definition) is 3. The molecule has 4 heteroatoms. The summed E-state index contributed by atoms with van der Waals surface area (Å²) in [6.07, 6.45) is 0. The molecule has 0 aliphatic carbocycles. The first-order valence-electron chi connectivity index (χ1n) is 7.00. The number of fused-ring (bicyclic) bond motifs is 1. The number of carbonyl (C=O) groups is 1. The molecule has 0 spiro atoms. The highest BCUT2D eigenvalue weighted by atomic mass is 16.3. The van der Waals surface area contributed by atoms with E-state index in [0.717, 1.165) is 16.8 Å². The molecule has 2 aromatic carbocycles. The summed E-state index contributed by atoms with van der Waals surface area (Å²) in [5.41, 5.74) is 4.19. The smallest absolute Gasteiger partial charge is 0.233 e. The van der Waals surface area contributed by atoms with Gasteiger partial charge in [-0.15, -0.1) is 0 Å². The lowest BCUT2D eigenvalue weighted by atomic mass is 10.00. The van der Waals surface area contributed by atoms with Gasteiger partial charge in [-0.05, 0) is 37.1 Å². The molecular weight excluding hydrogens is 264 g/mol. The third kappa shape index (κ3) is 2.33. The summed E-state index contributed by atoms with van der Waals surface area (Å²) in [6, 6.07) is 11.5. The molecule has 1 aliphatic heterocycles. The van der Waals surface area contributed by atoms with Crippen LogP contribution >= 0.6 is 0 Å². The van der Waals surface area contributed by atoms with Crippen LogP contribution < -0.4 is 10.6 Å². The Morgan fingerprint density at radius 2 is 2.00 bits per heavy atom. The number of aryl methyl sites for hydroxylation is 1. The van der Waals surface area contributed by atoms with Crippen molar-refractivity contribution >= 4 is 17.3 Å². The number of rotatable bonds is 2. The van der Waals surface area contributed by atoms with E-state index in [1.807, 2.05) is 37.3 Å². The van der Waals surface area contributed by atoms with Crippen LogP contribution in [0.5, 0.6) is 5.75 Å². The van der Waals surface area contributed by atoms with Crippen LogP contribution in [0.3, 0.4) is 0 Å². The number of nitrogens with one attached hydrogen (secondary N) is 2. The molecule has 108 valence electrons. The summed E-state index contributed by atoms with van der Waals surface area (Å²) in [6.45, 7) is 4.24. The summed E-state index contributed by atoms with van der Waals surface area (Å²) in [5.74, 6) is -0.0272. The molecule has 21 heavy (non-hydrogen) atoms. The molecule has 0 bridgehead atoms. The van der Waals surface area contributed by atoms with Crippen molar-refractivity contribution in [3.8, 4) is 5.75 Å². The summed E-state index contributed by atoms with van der Waals surface area (Å²) < 4.78 is 0. The Labute approximate surface area is 123 Å². The summed E-state index contributed by atoms with van der Waals surface area (Å²) in [7, 11) is 0. The van der Waals surface area contributed by atoms with Crippen molar-refractivity contribution in [2.45, 2.75) is 19.8 Å².